The molecule has 0 saturated carbocycles. The van der Waals surface area contributed by atoms with Crippen LogP contribution >= 0.6 is 11.8 Å². The average molecular weight is 337 g/mol. The van der Waals surface area contributed by atoms with Crippen molar-refractivity contribution in [2.24, 2.45) is 5.10 Å². The van der Waals surface area contributed by atoms with Crippen LogP contribution in [0.4, 0.5) is 5.95 Å². The zero-order valence-corrected chi connectivity index (χ0v) is 13.5. The van der Waals surface area contributed by atoms with Gasteiger partial charge in [-0.15, -0.1) is 5.10 Å². The van der Waals surface area contributed by atoms with Crippen LogP contribution in [0.25, 0.3) is 0 Å². The first kappa shape index (κ1) is 15.9. The van der Waals surface area contributed by atoms with Gasteiger partial charge in [0.15, 0.2) is 5.78 Å². The van der Waals surface area contributed by atoms with Crippen molar-refractivity contribution in [1.82, 2.24) is 15.2 Å². The van der Waals surface area contributed by atoms with Gasteiger partial charge in [0.05, 0.1) is 12.0 Å². The summed E-state index contributed by atoms with van der Waals surface area (Å²) in [5.74, 6) is 0.757. The molecule has 7 heteroatoms. The lowest BCUT2D eigenvalue weighted by molar-refractivity contribution is 0.102. The van der Waals surface area contributed by atoms with E-state index in [0.29, 0.717) is 16.7 Å². The first-order valence-electron chi connectivity index (χ1n) is 7.29. The predicted octanol–water partition coefficient (Wildman–Crippen LogP) is 3.23. The summed E-state index contributed by atoms with van der Waals surface area (Å²) in [5.41, 5.74) is 4.44. The largest absolute Gasteiger partial charge is 0.293 e. The Hall–Kier alpha value is -2.93. The molecule has 6 nitrogen and oxygen atoms in total. The fourth-order valence-corrected chi connectivity index (χ4v) is 2.60. The molecule has 0 fully saturated rings. The maximum atomic E-state index is 12.0. The summed E-state index contributed by atoms with van der Waals surface area (Å²) < 4.78 is 0. The summed E-state index contributed by atoms with van der Waals surface area (Å²) >= 11 is 1.28. The zero-order chi connectivity index (χ0) is 16.6. The molecule has 0 saturated heterocycles. The lowest BCUT2D eigenvalue weighted by atomic mass is 10.2. The quantitative estimate of drug-likeness (QED) is 0.299. The molecule has 0 amide bonds. The molecule has 0 radical (unpaired) electrons. The normalized spacial score (nSPS) is 10.8. The Labute approximate surface area is 143 Å². The van der Waals surface area contributed by atoms with Gasteiger partial charge in [-0.25, -0.2) is 10.5 Å². The number of aromatic amines is 1. The highest BCUT2D eigenvalue weighted by Gasteiger charge is 2.09. The Morgan fingerprint density at radius 2 is 1.83 bits per heavy atom. The van der Waals surface area contributed by atoms with Crippen LogP contribution in [-0.4, -0.2) is 32.9 Å². The minimum absolute atomic E-state index is 0.0435. The van der Waals surface area contributed by atoms with Crippen molar-refractivity contribution in [2.45, 2.75) is 5.16 Å². The number of hydrogen-bond donors (Lipinski definition) is 2. The van der Waals surface area contributed by atoms with E-state index >= 15 is 0 Å². The average Bonchev–Trinajstić information content (AvgIpc) is 3.09. The number of hydrazone groups is 1. The summed E-state index contributed by atoms with van der Waals surface area (Å²) in [6, 6.07) is 18.9. The Bertz CT molecular complexity index is 817. The second-order valence-electron chi connectivity index (χ2n) is 4.83. The minimum Gasteiger partial charge on any atom is -0.293 e. The van der Waals surface area contributed by atoms with Gasteiger partial charge in [-0.05, 0) is 5.56 Å². The molecule has 24 heavy (non-hydrogen) atoms. The van der Waals surface area contributed by atoms with Crippen LogP contribution in [-0.2, 0) is 0 Å². The first-order chi connectivity index (χ1) is 11.8. The van der Waals surface area contributed by atoms with Gasteiger partial charge >= 0.3 is 0 Å². The summed E-state index contributed by atoms with van der Waals surface area (Å²) in [6.07, 6.45) is 1.69. The van der Waals surface area contributed by atoms with E-state index in [4.69, 9.17) is 0 Å². The number of rotatable bonds is 7. The molecule has 3 aromatic rings. The Balaban J connectivity index is 1.50. The molecule has 2 aromatic carbocycles. The Morgan fingerprint density at radius 3 is 2.58 bits per heavy atom. The Kier molecular flexibility index (Phi) is 5.36. The molecular weight excluding hydrogens is 322 g/mol. The molecule has 1 aromatic heterocycles. The summed E-state index contributed by atoms with van der Waals surface area (Å²) in [7, 11) is 0. The van der Waals surface area contributed by atoms with Crippen LogP contribution in [0.1, 0.15) is 15.9 Å². The van der Waals surface area contributed by atoms with Crippen LogP contribution in [0.5, 0.6) is 0 Å². The van der Waals surface area contributed by atoms with Crippen LogP contribution < -0.4 is 5.43 Å². The molecule has 0 atom stereocenters. The number of benzene rings is 2. The third kappa shape index (κ3) is 4.53. The molecule has 0 spiro atoms. The first-order valence-corrected chi connectivity index (χ1v) is 8.27. The molecule has 0 unspecified atom stereocenters. The second kappa shape index (κ2) is 8.07. The summed E-state index contributed by atoms with van der Waals surface area (Å²) in [4.78, 5) is 16.3. The van der Waals surface area contributed by atoms with Gasteiger partial charge in [-0.1, -0.05) is 72.4 Å². The highest BCUT2D eigenvalue weighted by Crippen LogP contribution is 2.16. The van der Waals surface area contributed by atoms with Crippen LogP contribution in [0.15, 0.2) is 70.9 Å². The maximum Gasteiger partial charge on any atom is 0.240 e. The van der Waals surface area contributed by atoms with Gasteiger partial charge in [0, 0.05) is 5.56 Å². The van der Waals surface area contributed by atoms with Crippen molar-refractivity contribution in [3.05, 3.63) is 71.8 Å². The van der Waals surface area contributed by atoms with Gasteiger partial charge in [0.2, 0.25) is 11.1 Å². The van der Waals surface area contributed by atoms with Gasteiger partial charge < -0.3 is 0 Å². The third-order valence-corrected chi connectivity index (χ3v) is 3.92. The number of carbonyl (C=O) groups excluding carboxylic acids is 1. The fraction of sp³-hybridized carbons (Fsp3) is 0.0588. The maximum absolute atomic E-state index is 12.0. The third-order valence-electron chi connectivity index (χ3n) is 3.08. The topological polar surface area (TPSA) is 83.0 Å². The standard InChI is InChI=1S/C17H15N5OS/c23-15(14-9-5-2-6-10-14)12-24-17-19-16(21-22-17)20-18-11-13-7-3-1-4-8-13/h1-11H,12H2,(H2,19,20,21,22)/b18-11-. The summed E-state index contributed by atoms with van der Waals surface area (Å²) in [6.45, 7) is 0. The number of hydrogen-bond acceptors (Lipinski definition) is 6. The van der Waals surface area contributed by atoms with Crippen molar-refractivity contribution in [2.75, 3.05) is 11.2 Å². The molecule has 2 N–H and O–H groups in total. The number of thioether (sulfide) groups is 1. The predicted molar refractivity (Wildman–Crippen MR) is 95.5 cm³/mol. The van der Waals surface area contributed by atoms with Crippen molar-refractivity contribution in [1.29, 1.82) is 0 Å². The molecule has 3 rings (SSSR count). The van der Waals surface area contributed by atoms with E-state index in [1.165, 1.54) is 11.8 Å². The van der Waals surface area contributed by atoms with Gasteiger partial charge in [0.1, 0.15) is 0 Å². The molecular formula is C17H15N5OS. The monoisotopic (exact) mass is 337 g/mol. The second-order valence-corrected chi connectivity index (χ2v) is 5.77. The minimum atomic E-state index is 0.0435. The van der Waals surface area contributed by atoms with Crippen molar-refractivity contribution >= 4 is 29.7 Å². The van der Waals surface area contributed by atoms with E-state index in [1.807, 2.05) is 48.5 Å². The number of aromatic nitrogens is 3. The van der Waals surface area contributed by atoms with E-state index in [9.17, 15) is 4.79 Å². The smallest absolute Gasteiger partial charge is 0.240 e. The number of carbonyl (C=O) groups is 1. The van der Waals surface area contributed by atoms with E-state index < -0.39 is 0 Å². The van der Waals surface area contributed by atoms with E-state index in [2.05, 4.69) is 25.7 Å². The molecule has 120 valence electrons. The Morgan fingerprint density at radius 1 is 1.12 bits per heavy atom. The molecule has 0 bridgehead atoms. The fourth-order valence-electron chi connectivity index (χ4n) is 1.91. The van der Waals surface area contributed by atoms with Crippen LogP contribution in [0, 0.1) is 0 Å². The number of nitrogens with one attached hydrogen (secondary N) is 2. The van der Waals surface area contributed by atoms with E-state index in [-0.39, 0.29) is 11.5 Å². The van der Waals surface area contributed by atoms with E-state index in [0.717, 1.165) is 5.56 Å². The zero-order valence-electron chi connectivity index (χ0n) is 12.7. The van der Waals surface area contributed by atoms with Crippen LogP contribution in [0.2, 0.25) is 0 Å². The lowest BCUT2D eigenvalue weighted by Gasteiger charge is -1.97. The van der Waals surface area contributed by atoms with Crippen molar-refractivity contribution in [3.8, 4) is 0 Å². The van der Waals surface area contributed by atoms with Gasteiger partial charge in [-0.3, -0.25) is 4.79 Å². The highest BCUT2D eigenvalue weighted by molar-refractivity contribution is 7.99. The SMILES string of the molecule is O=C(CSc1n[nH]c(N/N=C\c2ccccc2)n1)c1ccccc1. The van der Waals surface area contributed by atoms with Gasteiger partial charge in [0.25, 0.3) is 0 Å². The molecule has 1 heterocycles. The van der Waals surface area contributed by atoms with Crippen molar-refractivity contribution < 1.29 is 4.79 Å². The van der Waals surface area contributed by atoms with Crippen molar-refractivity contribution in [3.63, 3.8) is 0 Å². The molecule has 0 aliphatic heterocycles. The highest BCUT2D eigenvalue weighted by atomic mass is 32.2. The number of H-pyrrole nitrogens is 1. The number of anilines is 1. The lowest BCUT2D eigenvalue weighted by Crippen LogP contribution is -2.02. The van der Waals surface area contributed by atoms with Gasteiger partial charge in [-0.2, -0.15) is 10.1 Å². The number of ketones is 1. The van der Waals surface area contributed by atoms with Crippen LogP contribution in [0.3, 0.4) is 0 Å². The van der Waals surface area contributed by atoms with E-state index in [1.54, 1.807) is 18.3 Å². The number of Topliss-reactive ketones (excluding diaryl/α,β-unsaturated/α-hetero) is 1. The summed E-state index contributed by atoms with van der Waals surface area (Å²) in [5, 5.41) is 11.4. The molecule has 0 aliphatic rings. The molecule has 0 aliphatic carbocycles. The number of nitrogens with zero attached hydrogens (tertiary/aromatic N) is 3.